The van der Waals surface area contributed by atoms with E-state index >= 15 is 0 Å². The van der Waals surface area contributed by atoms with Crippen molar-refractivity contribution in [2.75, 3.05) is 0 Å². The van der Waals surface area contributed by atoms with Gasteiger partial charge in [0.2, 0.25) is 0 Å². The van der Waals surface area contributed by atoms with E-state index in [0.717, 1.165) is 25.0 Å². The van der Waals surface area contributed by atoms with Gasteiger partial charge in [0.05, 0.1) is 5.69 Å². The number of aryl methyl sites for hydroxylation is 1. The minimum atomic E-state index is -0.0202. The highest BCUT2D eigenvalue weighted by molar-refractivity contribution is 5.27. The summed E-state index contributed by atoms with van der Waals surface area (Å²) in [6.07, 6.45) is 8.57. The standard InChI is InChI=1S/C16H24N4/c1-4-12(3)20-9-7-14(19-20)10-16(17)15-6-8-18-11-13(15)5-2/h6-9,11-12,16H,4-5,10,17H2,1-3H3. The Kier molecular flexibility index (Phi) is 4.90. The van der Waals surface area contributed by atoms with Gasteiger partial charge in [-0.25, -0.2) is 0 Å². The van der Waals surface area contributed by atoms with Crippen LogP contribution in [0.4, 0.5) is 0 Å². The van der Waals surface area contributed by atoms with Crippen LogP contribution in [0, 0.1) is 0 Å². The molecule has 2 aromatic rings. The van der Waals surface area contributed by atoms with Crippen LogP contribution in [0.15, 0.2) is 30.7 Å². The van der Waals surface area contributed by atoms with Gasteiger partial charge >= 0.3 is 0 Å². The van der Waals surface area contributed by atoms with Crippen LogP contribution in [0.2, 0.25) is 0 Å². The van der Waals surface area contributed by atoms with Gasteiger partial charge in [0.25, 0.3) is 0 Å². The molecule has 108 valence electrons. The van der Waals surface area contributed by atoms with Gasteiger partial charge in [-0.05, 0) is 43.0 Å². The molecule has 4 nitrogen and oxygen atoms in total. The molecule has 0 aliphatic carbocycles. The Balaban J connectivity index is 2.11. The van der Waals surface area contributed by atoms with E-state index in [1.165, 1.54) is 11.1 Å². The van der Waals surface area contributed by atoms with Crippen molar-refractivity contribution in [2.24, 2.45) is 5.73 Å². The second-order valence-electron chi connectivity index (χ2n) is 5.28. The number of hydrogen-bond acceptors (Lipinski definition) is 3. The minimum absolute atomic E-state index is 0.0202. The fourth-order valence-electron chi connectivity index (χ4n) is 2.35. The molecule has 4 heteroatoms. The molecule has 2 aromatic heterocycles. The molecule has 20 heavy (non-hydrogen) atoms. The number of pyridine rings is 1. The lowest BCUT2D eigenvalue weighted by Gasteiger charge is -2.14. The number of hydrogen-bond donors (Lipinski definition) is 1. The molecule has 0 bridgehead atoms. The highest BCUT2D eigenvalue weighted by Crippen LogP contribution is 2.20. The molecule has 0 saturated heterocycles. The SMILES string of the molecule is CCc1cnccc1C(N)Cc1ccn(C(C)CC)n1. The molecular formula is C16H24N4. The largest absolute Gasteiger partial charge is 0.324 e. The molecule has 2 N–H and O–H groups in total. The molecule has 0 aliphatic heterocycles. The van der Waals surface area contributed by atoms with Crippen LogP contribution in [-0.2, 0) is 12.8 Å². The molecule has 0 aliphatic rings. The Hall–Kier alpha value is -1.68. The molecule has 0 spiro atoms. The summed E-state index contributed by atoms with van der Waals surface area (Å²) in [5, 5.41) is 4.62. The zero-order valence-corrected chi connectivity index (χ0v) is 12.6. The van der Waals surface area contributed by atoms with Crippen LogP contribution in [0.25, 0.3) is 0 Å². The summed E-state index contributed by atoms with van der Waals surface area (Å²) < 4.78 is 2.02. The van der Waals surface area contributed by atoms with Crippen LogP contribution >= 0.6 is 0 Å². The second-order valence-corrected chi connectivity index (χ2v) is 5.28. The van der Waals surface area contributed by atoms with Gasteiger partial charge in [-0.3, -0.25) is 9.67 Å². The van der Waals surface area contributed by atoms with Crippen molar-refractivity contribution >= 4 is 0 Å². The van der Waals surface area contributed by atoms with Gasteiger partial charge in [0.15, 0.2) is 0 Å². The van der Waals surface area contributed by atoms with Crippen LogP contribution in [0.5, 0.6) is 0 Å². The molecule has 2 rings (SSSR count). The average molecular weight is 272 g/mol. The first kappa shape index (κ1) is 14.7. The van der Waals surface area contributed by atoms with Crippen molar-refractivity contribution < 1.29 is 0 Å². The summed E-state index contributed by atoms with van der Waals surface area (Å²) in [6, 6.07) is 4.51. The summed E-state index contributed by atoms with van der Waals surface area (Å²) in [6.45, 7) is 6.47. The van der Waals surface area contributed by atoms with Crippen LogP contribution < -0.4 is 5.73 Å². The second kappa shape index (κ2) is 6.66. The molecule has 0 aromatic carbocycles. The van der Waals surface area contributed by atoms with Crippen molar-refractivity contribution in [3.63, 3.8) is 0 Å². The normalized spacial score (nSPS) is 14.2. The van der Waals surface area contributed by atoms with E-state index in [4.69, 9.17) is 5.73 Å². The maximum absolute atomic E-state index is 6.34. The molecule has 0 radical (unpaired) electrons. The predicted octanol–water partition coefficient (Wildman–Crippen LogP) is 3.05. The Labute approximate surface area is 121 Å². The van der Waals surface area contributed by atoms with E-state index in [9.17, 15) is 0 Å². The third-order valence-corrected chi connectivity index (χ3v) is 3.86. The summed E-state index contributed by atoms with van der Waals surface area (Å²) in [4.78, 5) is 4.17. The zero-order chi connectivity index (χ0) is 14.5. The number of nitrogens with zero attached hydrogens (tertiary/aromatic N) is 3. The smallest absolute Gasteiger partial charge is 0.0643 e. The fourth-order valence-corrected chi connectivity index (χ4v) is 2.35. The van der Waals surface area contributed by atoms with Gasteiger partial charge in [0.1, 0.15) is 0 Å². The summed E-state index contributed by atoms with van der Waals surface area (Å²) in [7, 11) is 0. The molecule has 0 fully saturated rings. The topological polar surface area (TPSA) is 56.7 Å². The molecule has 0 saturated carbocycles. The van der Waals surface area contributed by atoms with Gasteiger partial charge in [-0.1, -0.05) is 13.8 Å². The van der Waals surface area contributed by atoms with Crippen molar-refractivity contribution in [1.29, 1.82) is 0 Å². The van der Waals surface area contributed by atoms with E-state index in [-0.39, 0.29) is 6.04 Å². The predicted molar refractivity (Wildman–Crippen MR) is 81.5 cm³/mol. The van der Waals surface area contributed by atoms with Crippen LogP contribution in [0.3, 0.4) is 0 Å². The molecular weight excluding hydrogens is 248 g/mol. The van der Waals surface area contributed by atoms with E-state index in [0.29, 0.717) is 6.04 Å². The van der Waals surface area contributed by atoms with Gasteiger partial charge in [-0.15, -0.1) is 0 Å². The maximum atomic E-state index is 6.34. The van der Waals surface area contributed by atoms with Crippen molar-refractivity contribution in [3.8, 4) is 0 Å². The zero-order valence-electron chi connectivity index (χ0n) is 12.6. The fraction of sp³-hybridized carbons (Fsp3) is 0.500. The molecule has 2 heterocycles. The Morgan fingerprint density at radius 1 is 1.30 bits per heavy atom. The first-order valence-corrected chi connectivity index (χ1v) is 7.38. The maximum Gasteiger partial charge on any atom is 0.0643 e. The Morgan fingerprint density at radius 3 is 2.80 bits per heavy atom. The minimum Gasteiger partial charge on any atom is -0.324 e. The van der Waals surface area contributed by atoms with E-state index in [2.05, 4.69) is 36.9 Å². The lowest BCUT2D eigenvalue weighted by atomic mass is 9.98. The summed E-state index contributed by atoms with van der Waals surface area (Å²) >= 11 is 0. The van der Waals surface area contributed by atoms with Gasteiger partial charge in [-0.2, -0.15) is 5.10 Å². The average Bonchev–Trinajstić information content (AvgIpc) is 2.94. The van der Waals surface area contributed by atoms with Gasteiger partial charge < -0.3 is 5.73 Å². The monoisotopic (exact) mass is 272 g/mol. The lowest BCUT2D eigenvalue weighted by molar-refractivity contribution is 0.472. The highest BCUT2D eigenvalue weighted by Gasteiger charge is 2.13. The quantitative estimate of drug-likeness (QED) is 0.879. The first-order valence-electron chi connectivity index (χ1n) is 7.38. The Bertz CT molecular complexity index is 547. The van der Waals surface area contributed by atoms with E-state index in [1.807, 2.05) is 29.3 Å². The van der Waals surface area contributed by atoms with Crippen molar-refractivity contribution in [2.45, 2.75) is 52.1 Å². The molecule has 2 atom stereocenters. The van der Waals surface area contributed by atoms with E-state index in [1.54, 1.807) is 0 Å². The number of rotatable bonds is 6. The molecule has 0 amide bonds. The van der Waals surface area contributed by atoms with Crippen molar-refractivity contribution in [1.82, 2.24) is 14.8 Å². The number of nitrogens with two attached hydrogens (primary N) is 1. The Morgan fingerprint density at radius 2 is 2.10 bits per heavy atom. The molecule has 2 unspecified atom stereocenters. The van der Waals surface area contributed by atoms with Crippen molar-refractivity contribution in [3.05, 3.63) is 47.5 Å². The van der Waals surface area contributed by atoms with E-state index < -0.39 is 0 Å². The first-order chi connectivity index (χ1) is 9.65. The summed E-state index contributed by atoms with van der Waals surface area (Å²) in [5.74, 6) is 0. The van der Waals surface area contributed by atoms with Crippen LogP contribution in [0.1, 0.15) is 56.1 Å². The van der Waals surface area contributed by atoms with Gasteiger partial charge in [0, 0.05) is 37.1 Å². The number of aromatic nitrogens is 3. The third-order valence-electron chi connectivity index (χ3n) is 3.86. The highest BCUT2D eigenvalue weighted by atomic mass is 15.3. The summed E-state index contributed by atoms with van der Waals surface area (Å²) in [5.41, 5.74) is 9.80. The van der Waals surface area contributed by atoms with Crippen LogP contribution in [-0.4, -0.2) is 14.8 Å². The third kappa shape index (κ3) is 3.25. The lowest BCUT2D eigenvalue weighted by Crippen LogP contribution is -2.16.